The van der Waals surface area contributed by atoms with Gasteiger partial charge < -0.3 is 10.1 Å². The normalized spacial score (nSPS) is 10.1. The molecule has 3 nitrogen and oxygen atoms in total. The largest absolute Gasteiger partial charge is 0.492 e. The third-order valence-corrected chi connectivity index (χ3v) is 2.85. The molecular weight excluding hydrogens is 292 g/mol. The minimum Gasteiger partial charge on any atom is -0.492 e. The number of nitrogens with zero attached hydrogens (tertiary/aromatic N) is 1. The van der Waals surface area contributed by atoms with Gasteiger partial charge in [0.2, 0.25) is 0 Å². The van der Waals surface area contributed by atoms with Gasteiger partial charge in [-0.1, -0.05) is 28.1 Å². The molecule has 1 aromatic carbocycles. The second-order valence-corrected chi connectivity index (χ2v) is 4.81. The highest BCUT2D eigenvalue weighted by Crippen LogP contribution is 2.17. The Kier molecular flexibility index (Phi) is 4.59. The first-order valence-electron chi connectivity index (χ1n) is 5.80. The number of nitrogens with one attached hydrogen (secondary N) is 1. The number of halogens is 1. The first kappa shape index (κ1) is 12.9. The van der Waals surface area contributed by atoms with Crippen LogP contribution in [0.15, 0.2) is 46.9 Å². The quantitative estimate of drug-likeness (QED) is 0.856. The smallest absolute Gasteiger partial charge is 0.126 e. The molecule has 2 rings (SSSR count). The molecule has 0 saturated carbocycles. The Morgan fingerprint density at radius 3 is 2.83 bits per heavy atom. The molecule has 0 fully saturated rings. The lowest BCUT2D eigenvalue weighted by Crippen LogP contribution is -2.12. The molecule has 2 aromatic rings. The lowest BCUT2D eigenvalue weighted by atomic mass is 10.3. The van der Waals surface area contributed by atoms with Crippen molar-refractivity contribution in [3.63, 3.8) is 0 Å². The second-order valence-electron chi connectivity index (χ2n) is 3.90. The first-order chi connectivity index (χ1) is 8.74. The second kappa shape index (κ2) is 6.40. The van der Waals surface area contributed by atoms with Crippen molar-refractivity contribution in [1.82, 2.24) is 4.98 Å². The van der Waals surface area contributed by atoms with E-state index in [-0.39, 0.29) is 0 Å². The summed E-state index contributed by atoms with van der Waals surface area (Å²) in [5.41, 5.74) is 1.01. The summed E-state index contributed by atoms with van der Waals surface area (Å²) in [5.74, 6) is 1.75. The van der Waals surface area contributed by atoms with E-state index in [1.54, 1.807) is 0 Å². The van der Waals surface area contributed by atoms with Crippen LogP contribution in [0.3, 0.4) is 0 Å². The third-order valence-electron chi connectivity index (χ3n) is 2.36. The zero-order valence-corrected chi connectivity index (χ0v) is 11.8. The highest BCUT2D eigenvalue weighted by atomic mass is 79.9. The third kappa shape index (κ3) is 4.04. The van der Waals surface area contributed by atoms with Gasteiger partial charge in [-0.15, -0.1) is 0 Å². The van der Waals surface area contributed by atoms with Crippen molar-refractivity contribution in [2.24, 2.45) is 0 Å². The van der Waals surface area contributed by atoms with Crippen molar-refractivity contribution < 1.29 is 4.74 Å². The highest BCUT2D eigenvalue weighted by molar-refractivity contribution is 9.10. The van der Waals surface area contributed by atoms with Gasteiger partial charge in [0.25, 0.3) is 0 Å². The van der Waals surface area contributed by atoms with Crippen LogP contribution < -0.4 is 10.1 Å². The summed E-state index contributed by atoms with van der Waals surface area (Å²) < 4.78 is 6.64. The lowest BCUT2D eigenvalue weighted by Gasteiger charge is -2.08. The van der Waals surface area contributed by atoms with Crippen LogP contribution in [0.1, 0.15) is 5.69 Å². The fourth-order valence-corrected chi connectivity index (χ4v) is 1.92. The first-order valence-corrected chi connectivity index (χ1v) is 6.59. The Morgan fingerprint density at radius 1 is 1.22 bits per heavy atom. The molecule has 0 amide bonds. The van der Waals surface area contributed by atoms with Gasteiger partial charge in [0.1, 0.15) is 18.2 Å². The molecule has 1 aromatic heterocycles. The Bertz CT molecular complexity index is 469. The van der Waals surface area contributed by atoms with E-state index in [9.17, 15) is 0 Å². The molecule has 0 aliphatic rings. The van der Waals surface area contributed by atoms with E-state index in [0.29, 0.717) is 6.61 Å². The van der Waals surface area contributed by atoms with Crippen molar-refractivity contribution in [2.75, 3.05) is 18.5 Å². The van der Waals surface area contributed by atoms with Crippen LogP contribution in [-0.4, -0.2) is 18.1 Å². The Labute approximate surface area is 115 Å². The van der Waals surface area contributed by atoms with E-state index in [4.69, 9.17) is 4.74 Å². The summed E-state index contributed by atoms with van der Waals surface area (Å²) >= 11 is 3.41. The van der Waals surface area contributed by atoms with Gasteiger partial charge in [0.15, 0.2) is 0 Å². The van der Waals surface area contributed by atoms with E-state index in [1.807, 2.05) is 49.4 Å². The predicted octanol–water partition coefficient (Wildman–Crippen LogP) is 3.64. The average molecular weight is 307 g/mol. The van der Waals surface area contributed by atoms with Crippen LogP contribution in [0, 0.1) is 6.92 Å². The number of aryl methyl sites for hydroxylation is 1. The van der Waals surface area contributed by atoms with Gasteiger partial charge in [0, 0.05) is 10.2 Å². The maximum absolute atomic E-state index is 5.62. The van der Waals surface area contributed by atoms with Gasteiger partial charge in [-0.2, -0.15) is 0 Å². The van der Waals surface area contributed by atoms with Crippen LogP contribution in [0.5, 0.6) is 5.75 Å². The molecule has 4 heteroatoms. The SMILES string of the molecule is Cc1cccc(NCCOc2cccc(Br)c2)n1. The summed E-state index contributed by atoms with van der Waals surface area (Å²) in [6.07, 6.45) is 0. The number of hydrogen-bond donors (Lipinski definition) is 1. The Hall–Kier alpha value is -1.55. The average Bonchev–Trinajstić information content (AvgIpc) is 2.35. The number of benzene rings is 1. The lowest BCUT2D eigenvalue weighted by molar-refractivity contribution is 0.332. The molecule has 0 atom stereocenters. The van der Waals surface area contributed by atoms with Gasteiger partial charge in [-0.3, -0.25) is 0 Å². The fraction of sp³-hybridized carbons (Fsp3) is 0.214. The number of pyridine rings is 1. The molecule has 0 saturated heterocycles. The van der Waals surface area contributed by atoms with Crippen LogP contribution in [0.4, 0.5) is 5.82 Å². The molecule has 18 heavy (non-hydrogen) atoms. The maximum atomic E-state index is 5.62. The van der Waals surface area contributed by atoms with Crippen LogP contribution >= 0.6 is 15.9 Å². The monoisotopic (exact) mass is 306 g/mol. The van der Waals surface area contributed by atoms with Crippen molar-refractivity contribution in [3.8, 4) is 5.75 Å². The summed E-state index contributed by atoms with van der Waals surface area (Å²) in [7, 11) is 0. The summed E-state index contributed by atoms with van der Waals surface area (Å²) in [6, 6.07) is 13.7. The number of ether oxygens (including phenoxy) is 1. The highest BCUT2D eigenvalue weighted by Gasteiger charge is 1.96. The minimum atomic E-state index is 0.603. The van der Waals surface area contributed by atoms with E-state index in [1.165, 1.54) is 0 Å². The molecule has 0 bridgehead atoms. The van der Waals surface area contributed by atoms with Gasteiger partial charge in [0.05, 0.1) is 6.54 Å². The Balaban J connectivity index is 1.76. The molecule has 1 heterocycles. The number of hydrogen-bond acceptors (Lipinski definition) is 3. The van der Waals surface area contributed by atoms with Crippen molar-refractivity contribution in [3.05, 3.63) is 52.6 Å². The predicted molar refractivity (Wildman–Crippen MR) is 77.1 cm³/mol. The van der Waals surface area contributed by atoms with E-state index < -0.39 is 0 Å². The number of rotatable bonds is 5. The summed E-state index contributed by atoms with van der Waals surface area (Å²) in [6.45, 7) is 3.30. The molecule has 0 spiro atoms. The minimum absolute atomic E-state index is 0.603. The molecule has 0 radical (unpaired) electrons. The number of aromatic nitrogens is 1. The van der Waals surface area contributed by atoms with Crippen LogP contribution in [0.25, 0.3) is 0 Å². The zero-order valence-electron chi connectivity index (χ0n) is 10.2. The van der Waals surface area contributed by atoms with E-state index in [2.05, 4.69) is 26.2 Å². The van der Waals surface area contributed by atoms with Crippen molar-refractivity contribution >= 4 is 21.7 Å². The molecule has 1 N–H and O–H groups in total. The standard InChI is InChI=1S/C14H15BrN2O/c1-11-4-2-7-14(17-11)16-8-9-18-13-6-3-5-12(15)10-13/h2-7,10H,8-9H2,1H3,(H,16,17). The topological polar surface area (TPSA) is 34.1 Å². The van der Waals surface area contributed by atoms with E-state index >= 15 is 0 Å². The van der Waals surface area contributed by atoms with E-state index in [0.717, 1.165) is 28.3 Å². The summed E-state index contributed by atoms with van der Waals surface area (Å²) in [4.78, 5) is 4.36. The van der Waals surface area contributed by atoms with Crippen LogP contribution in [-0.2, 0) is 0 Å². The molecule has 94 valence electrons. The maximum Gasteiger partial charge on any atom is 0.126 e. The van der Waals surface area contributed by atoms with Gasteiger partial charge in [-0.25, -0.2) is 4.98 Å². The van der Waals surface area contributed by atoms with Gasteiger partial charge >= 0.3 is 0 Å². The zero-order chi connectivity index (χ0) is 12.8. The molecule has 0 aliphatic heterocycles. The number of anilines is 1. The van der Waals surface area contributed by atoms with Gasteiger partial charge in [-0.05, 0) is 37.3 Å². The fourth-order valence-electron chi connectivity index (χ4n) is 1.55. The van der Waals surface area contributed by atoms with Crippen LogP contribution in [0.2, 0.25) is 0 Å². The summed E-state index contributed by atoms with van der Waals surface area (Å²) in [5, 5.41) is 3.22. The Morgan fingerprint density at radius 2 is 2.06 bits per heavy atom. The molecule has 0 aliphatic carbocycles. The van der Waals surface area contributed by atoms with Crippen molar-refractivity contribution in [1.29, 1.82) is 0 Å². The molecular formula is C14H15BrN2O. The van der Waals surface area contributed by atoms with Crippen molar-refractivity contribution in [2.45, 2.75) is 6.92 Å². The molecule has 0 unspecified atom stereocenters.